The van der Waals surface area contributed by atoms with Crippen LogP contribution in [-0.2, 0) is 4.74 Å². The summed E-state index contributed by atoms with van der Waals surface area (Å²) >= 11 is 0. The second kappa shape index (κ2) is 9.40. The molecule has 1 fully saturated rings. The van der Waals surface area contributed by atoms with Gasteiger partial charge in [-0.3, -0.25) is 0 Å². The Morgan fingerprint density at radius 1 is 0.857 bits per heavy atom. The average molecular weight is 465 g/mol. The number of rotatable bonds is 6. The van der Waals surface area contributed by atoms with E-state index in [1.165, 1.54) is 0 Å². The van der Waals surface area contributed by atoms with Crippen molar-refractivity contribution in [2.75, 3.05) is 41.9 Å². The maximum absolute atomic E-state index is 5.50. The normalized spacial score (nSPS) is 14.1. The van der Waals surface area contributed by atoms with Gasteiger partial charge >= 0.3 is 0 Å². The number of hydrazone groups is 1. The van der Waals surface area contributed by atoms with Gasteiger partial charge in [0.1, 0.15) is 0 Å². The number of nitrogens with one attached hydrogen (secondary N) is 3. The Morgan fingerprint density at radius 3 is 2.54 bits per heavy atom. The summed E-state index contributed by atoms with van der Waals surface area (Å²) in [4.78, 5) is 19.2. The zero-order valence-electron chi connectivity index (χ0n) is 19.0. The van der Waals surface area contributed by atoms with Crippen LogP contribution >= 0.6 is 0 Å². The van der Waals surface area contributed by atoms with Crippen LogP contribution < -0.4 is 15.6 Å². The highest BCUT2D eigenvalue weighted by atomic mass is 16.5. The number of benzene rings is 3. The molecular formula is C26H24N8O. The van der Waals surface area contributed by atoms with Crippen molar-refractivity contribution in [3.8, 4) is 0 Å². The molecule has 0 saturated carbocycles. The average Bonchev–Trinajstić information content (AvgIpc) is 3.32. The van der Waals surface area contributed by atoms with Gasteiger partial charge in [-0.05, 0) is 17.5 Å². The minimum Gasteiger partial charge on any atom is -0.378 e. The van der Waals surface area contributed by atoms with Crippen molar-refractivity contribution < 1.29 is 4.74 Å². The van der Waals surface area contributed by atoms with Crippen LogP contribution in [0.15, 0.2) is 78.0 Å². The number of fused-ring (bicyclic) bond motifs is 2. The summed E-state index contributed by atoms with van der Waals surface area (Å²) in [5, 5.41) is 11.1. The van der Waals surface area contributed by atoms with Crippen molar-refractivity contribution in [2.45, 2.75) is 0 Å². The molecule has 3 heterocycles. The molecule has 0 atom stereocenters. The molecule has 174 valence electrons. The summed E-state index contributed by atoms with van der Waals surface area (Å²) in [5.74, 6) is 1.39. The summed E-state index contributed by atoms with van der Waals surface area (Å²) < 4.78 is 5.50. The Morgan fingerprint density at radius 2 is 1.63 bits per heavy atom. The Labute approximate surface area is 201 Å². The lowest BCUT2D eigenvalue weighted by Crippen LogP contribution is -2.37. The molecule has 0 aliphatic carbocycles. The quantitative estimate of drug-likeness (QED) is 0.251. The zero-order chi connectivity index (χ0) is 23.5. The highest BCUT2D eigenvalue weighted by molar-refractivity contribution is 5.99. The van der Waals surface area contributed by atoms with Crippen LogP contribution in [0.4, 0.5) is 23.5 Å². The lowest BCUT2D eigenvalue weighted by Gasteiger charge is -2.27. The van der Waals surface area contributed by atoms with Gasteiger partial charge in [0.2, 0.25) is 17.8 Å². The van der Waals surface area contributed by atoms with Gasteiger partial charge in [-0.15, -0.1) is 0 Å². The van der Waals surface area contributed by atoms with Crippen molar-refractivity contribution in [1.29, 1.82) is 0 Å². The molecule has 0 bridgehead atoms. The predicted molar refractivity (Wildman–Crippen MR) is 140 cm³/mol. The number of aromatic nitrogens is 4. The molecule has 0 amide bonds. The van der Waals surface area contributed by atoms with Crippen LogP contribution in [0, 0.1) is 0 Å². The van der Waals surface area contributed by atoms with E-state index < -0.39 is 0 Å². The number of aromatic amines is 1. The van der Waals surface area contributed by atoms with Gasteiger partial charge in [0.05, 0.1) is 19.4 Å². The largest absolute Gasteiger partial charge is 0.378 e. The number of anilines is 4. The SMILES string of the molecule is C(=N\Nc1nc(Nc2cccc3ccccc23)nc(N2CCOCC2)n1)/c1c[nH]c2ccccc12. The van der Waals surface area contributed by atoms with Crippen molar-refractivity contribution in [1.82, 2.24) is 19.9 Å². The van der Waals surface area contributed by atoms with E-state index in [4.69, 9.17) is 9.72 Å². The fourth-order valence-electron chi connectivity index (χ4n) is 4.19. The molecule has 0 radical (unpaired) electrons. The lowest BCUT2D eigenvalue weighted by atomic mass is 10.1. The Hall–Kier alpha value is -4.50. The number of H-pyrrole nitrogens is 1. The third kappa shape index (κ3) is 4.49. The highest BCUT2D eigenvalue weighted by Crippen LogP contribution is 2.26. The van der Waals surface area contributed by atoms with Crippen LogP contribution in [-0.4, -0.2) is 52.5 Å². The highest BCUT2D eigenvalue weighted by Gasteiger charge is 2.17. The molecule has 1 saturated heterocycles. The van der Waals surface area contributed by atoms with Crippen LogP contribution in [0.3, 0.4) is 0 Å². The fourth-order valence-corrected chi connectivity index (χ4v) is 4.19. The molecule has 0 unspecified atom stereocenters. The fraction of sp³-hybridized carbons (Fsp3) is 0.154. The molecule has 35 heavy (non-hydrogen) atoms. The standard InChI is InChI=1S/C26H24N8O/c1-2-8-20-18(6-1)7-5-11-23(20)29-24-30-25(32-26(31-24)34-12-14-35-15-13-34)33-28-17-19-16-27-22-10-4-3-9-21(19)22/h1-11,16-17,27H,12-15H2,(H2,29,30,31,32,33)/b28-17+. The van der Waals surface area contributed by atoms with Gasteiger partial charge in [0.15, 0.2) is 0 Å². The van der Waals surface area contributed by atoms with Crippen LogP contribution in [0.1, 0.15) is 5.56 Å². The van der Waals surface area contributed by atoms with Gasteiger partial charge in [0, 0.05) is 46.8 Å². The summed E-state index contributed by atoms with van der Waals surface area (Å²) in [5.41, 5.74) is 5.95. The minimum atomic E-state index is 0.361. The number of hydrogen-bond acceptors (Lipinski definition) is 8. The monoisotopic (exact) mass is 464 g/mol. The third-order valence-electron chi connectivity index (χ3n) is 5.94. The van der Waals surface area contributed by atoms with E-state index in [1.807, 2.05) is 48.7 Å². The second-order valence-electron chi connectivity index (χ2n) is 8.19. The molecule has 9 nitrogen and oxygen atoms in total. The van der Waals surface area contributed by atoms with Gasteiger partial charge in [-0.2, -0.15) is 20.1 Å². The van der Waals surface area contributed by atoms with Crippen LogP contribution in [0.5, 0.6) is 0 Å². The Balaban J connectivity index is 1.31. The van der Waals surface area contributed by atoms with E-state index in [-0.39, 0.29) is 0 Å². The summed E-state index contributed by atoms with van der Waals surface area (Å²) in [6.07, 6.45) is 3.69. The van der Waals surface area contributed by atoms with E-state index in [1.54, 1.807) is 6.21 Å². The number of morpholine rings is 1. The molecular weight excluding hydrogens is 440 g/mol. The molecule has 1 aliphatic heterocycles. The van der Waals surface area contributed by atoms with Crippen LogP contribution in [0.25, 0.3) is 21.7 Å². The zero-order valence-corrected chi connectivity index (χ0v) is 19.0. The summed E-state index contributed by atoms with van der Waals surface area (Å²) in [6.45, 7) is 2.71. The molecule has 3 aromatic carbocycles. The molecule has 6 rings (SSSR count). The van der Waals surface area contributed by atoms with Crippen LogP contribution in [0.2, 0.25) is 0 Å². The molecule has 3 N–H and O–H groups in total. The van der Waals surface area contributed by atoms with Gasteiger partial charge in [0.25, 0.3) is 0 Å². The van der Waals surface area contributed by atoms with Crippen molar-refractivity contribution >= 4 is 51.4 Å². The van der Waals surface area contributed by atoms with E-state index in [0.717, 1.165) is 46.0 Å². The predicted octanol–water partition coefficient (Wildman–Crippen LogP) is 4.53. The molecule has 1 aliphatic rings. The van der Waals surface area contributed by atoms with Crippen molar-refractivity contribution in [3.05, 3.63) is 78.5 Å². The van der Waals surface area contributed by atoms with Crippen molar-refractivity contribution in [3.63, 3.8) is 0 Å². The smallest absolute Gasteiger partial charge is 0.250 e. The van der Waals surface area contributed by atoms with Gasteiger partial charge in [-0.1, -0.05) is 54.6 Å². The number of nitrogens with zero attached hydrogens (tertiary/aromatic N) is 5. The van der Waals surface area contributed by atoms with E-state index in [2.05, 4.69) is 60.0 Å². The molecule has 2 aromatic heterocycles. The van der Waals surface area contributed by atoms with E-state index in [0.29, 0.717) is 31.1 Å². The first kappa shape index (κ1) is 21.1. The Bertz CT molecular complexity index is 1500. The molecule has 9 heteroatoms. The number of para-hydroxylation sites is 1. The number of hydrogen-bond donors (Lipinski definition) is 3. The number of ether oxygens (including phenoxy) is 1. The van der Waals surface area contributed by atoms with Gasteiger partial charge < -0.3 is 19.9 Å². The van der Waals surface area contributed by atoms with E-state index in [9.17, 15) is 0 Å². The van der Waals surface area contributed by atoms with Crippen molar-refractivity contribution in [2.24, 2.45) is 5.10 Å². The first-order valence-electron chi connectivity index (χ1n) is 11.5. The topological polar surface area (TPSA) is 103 Å². The lowest BCUT2D eigenvalue weighted by molar-refractivity contribution is 0.122. The minimum absolute atomic E-state index is 0.361. The maximum atomic E-state index is 5.50. The molecule has 5 aromatic rings. The van der Waals surface area contributed by atoms with E-state index >= 15 is 0 Å². The first-order valence-corrected chi connectivity index (χ1v) is 11.5. The maximum Gasteiger partial charge on any atom is 0.250 e. The molecule has 0 spiro atoms. The Kier molecular flexibility index (Phi) is 5.65. The first-order chi connectivity index (χ1) is 17.3. The second-order valence-corrected chi connectivity index (χ2v) is 8.19. The van der Waals surface area contributed by atoms with Gasteiger partial charge in [-0.25, -0.2) is 5.43 Å². The summed E-state index contributed by atoms with van der Waals surface area (Å²) in [7, 11) is 0. The summed E-state index contributed by atoms with van der Waals surface area (Å²) in [6, 6.07) is 22.4. The third-order valence-corrected chi connectivity index (χ3v) is 5.94.